The summed E-state index contributed by atoms with van der Waals surface area (Å²) in [6.45, 7) is 1.51. The summed E-state index contributed by atoms with van der Waals surface area (Å²) in [6.07, 6.45) is 1.78. The van der Waals surface area contributed by atoms with E-state index in [9.17, 15) is 9.59 Å². The molecule has 0 bridgehead atoms. The van der Waals surface area contributed by atoms with E-state index in [-0.39, 0.29) is 18.4 Å². The van der Waals surface area contributed by atoms with Crippen LogP contribution in [-0.4, -0.2) is 25.0 Å². The minimum atomic E-state index is -0.125. The predicted molar refractivity (Wildman–Crippen MR) is 151 cm³/mol. The number of carbonyl (C=O) groups excluding carboxylic acids is 2. The van der Waals surface area contributed by atoms with E-state index in [0.29, 0.717) is 39.0 Å². The number of amides is 2. The highest BCUT2D eigenvalue weighted by Crippen LogP contribution is 2.28. The third-order valence-electron chi connectivity index (χ3n) is 6.34. The molecule has 0 aliphatic carbocycles. The molecule has 0 aliphatic heterocycles. The van der Waals surface area contributed by atoms with E-state index in [1.165, 1.54) is 0 Å². The van der Waals surface area contributed by atoms with E-state index in [2.05, 4.69) is 34.9 Å². The summed E-state index contributed by atoms with van der Waals surface area (Å²) in [5, 5.41) is 5.97. The first-order valence-corrected chi connectivity index (χ1v) is 13.0. The molecule has 4 aromatic carbocycles. The molecule has 2 N–H and O–H groups in total. The normalized spacial score (nSPS) is 10.6. The van der Waals surface area contributed by atoms with Crippen molar-refractivity contribution >= 4 is 11.8 Å². The van der Waals surface area contributed by atoms with Gasteiger partial charge in [0.25, 0.3) is 0 Å². The maximum atomic E-state index is 12.5. The van der Waals surface area contributed by atoms with Crippen molar-refractivity contribution < 1.29 is 14.3 Å². The van der Waals surface area contributed by atoms with Gasteiger partial charge in [-0.2, -0.15) is 0 Å². The molecule has 38 heavy (non-hydrogen) atoms. The Morgan fingerprint density at radius 1 is 0.579 bits per heavy atom. The lowest BCUT2D eigenvalue weighted by atomic mass is 9.92. The zero-order chi connectivity index (χ0) is 26.4. The first-order valence-electron chi connectivity index (χ1n) is 13.0. The molecular formula is C33H34N2O3. The second-order valence-corrected chi connectivity index (χ2v) is 9.15. The molecule has 4 rings (SSSR count). The molecule has 0 unspecified atom stereocenters. The van der Waals surface area contributed by atoms with Crippen LogP contribution in [-0.2, 0) is 40.3 Å². The average molecular weight is 507 g/mol. The van der Waals surface area contributed by atoms with E-state index >= 15 is 0 Å². The van der Waals surface area contributed by atoms with E-state index in [0.717, 1.165) is 33.4 Å². The summed E-state index contributed by atoms with van der Waals surface area (Å²) < 4.78 is 5.54. The molecule has 0 atom stereocenters. The molecule has 0 saturated carbocycles. The molecule has 0 aromatic heterocycles. The van der Waals surface area contributed by atoms with Gasteiger partial charge in [-0.05, 0) is 46.2 Å². The van der Waals surface area contributed by atoms with Crippen molar-refractivity contribution in [3.8, 4) is 11.1 Å². The second-order valence-electron chi connectivity index (χ2n) is 9.15. The first-order chi connectivity index (χ1) is 18.7. The summed E-state index contributed by atoms with van der Waals surface area (Å²) in [7, 11) is 0. The molecule has 0 fully saturated rings. The van der Waals surface area contributed by atoms with Crippen LogP contribution >= 0.6 is 0 Å². The fraction of sp³-hybridized carbons (Fsp3) is 0.212. The Morgan fingerprint density at radius 3 is 1.79 bits per heavy atom. The molecule has 5 heteroatoms. The van der Waals surface area contributed by atoms with Gasteiger partial charge in [0, 0.05) is 19.5 Å². The van der Waals surface area contributed by atoms with Crippen LogP contribution in [0, 0.1) is 0 Å². The van der Waals surface area contributed by atoms with Crippen molar-refractivity contribution in [2.24, 2.45) is 0 Å². The number of ether oxygens (including phenoxy) is 1. The molecule has 5 nitrogen and oxygen atoms in total. The maximum Gasteiger partial charge on any atom is 0.246 e. The standard InChI is InChI=1S/C33H34N2O3/c36-32(35-23-26-11-3-1-4-12-26)20-19-28-15-7-9-17-30(28)31-18-10-8-16-29(31)21-22-34-33(37)25-38-24-27-13-5-2-6-14-27/h1-18H,19-25H2,(H,34,37)(H,35,36). The van der Waals surface area contributed by atoms with E-state index in [1.54, 1.807) is 0 Å². The lowest BCUT2D eigenvalue weighted by molar-refractivity contribution is -0.126. The van der Waals surface area contributed by atoms with Crippen molar-refractivity contribution in [2.75, 3.05) is 13.2 Å². The summed E-state index contributed by atoms with van der Waals surface area (Å²) in [4.78, 5) is 24.8. The van der Waals surface area contributed by atoms with Gasteiger partial charge < -0.3 is 15.4 Å². The van der Waals surface area contributed by atoms with Crippen LogP contribution in [0.25, 0.3) is 11.1 Å². The molecular weight excluding hydrogens is 472 g/mol. The first kappa shape index (κ1) is 26.8. The van der Waals surface area contributed by atoms with E-state index < -0.39 is 0 Å². The number of nitrogens with one attached hydrogen (secondary N) is 2. The monoisotopic (exact) mass is 506 g/mol. The maximum absolute atomic E-state index is 12.5. The number of hydrogen-bond acceptors (Lipinski definition) is 3. The number of hydrogen-bond donors (Lipinski definition) is 2. The minimum absolute atomic E-state index is 0.0334. The topological polar surface area (TPSA) is 67.4 Å². The molecule has 2 amide bonds. The van der Waals surface area contributed by atoms with Crippen LogP contribution in [0.4, 0.5) is 0 Å². The summed E-state index contributed by atoms with van der Waals surface area (Å²) in [5.41, 5.74) is 6.66. The summed E-state index contributed by atoms with van der Waals surface area (Å²) >= 11 is 0. The largest absolute Gasteiger partial charge is 0.367 e. The highest BCUT2D eigenvalue weighted by Gasteiger charge is 2.11. The second kappa shape index (κ2) is 14.5. The Morgan fingerprint density at radius 2 is 1.13 bits per heavy atom. The highest BCUT2D eigenvalue weighted by atomic mass is 16.5. The minimum Gasteiger partial charge on any atom is -0.367 e. The van der Waals surface area contributed by atoms with Crippen LogP contribution in [0.15, 0.2) is 109 Å². The van der Waals surface area contributed by atoms with Crippen LogP contribution in [0.1, 0.15) is 28.7 Å². The zero-order valence-electron chi connectivity index (χ0n) is 21.6. The SMILES string of the molecule is O=C(CCc1ccccc1-c1ccccc1CCNC(=O)COCc1ccccc1)NCc1ccccc1. The number of aryl methyl sites for hydroxylation is 1. The zero-order valence-corrected chi connectivity index (χ0v) is 21.6. The van der Waals surface area contributed by atoms with E-state index in [4.69, 9.17) is 4.74 Å². The highest BCUT2D eigenvalue weighted by molar-refractivity contribution is 5.78. The molecule has 0 radical (unpaired) electrons. The molecule has 4 aromatic rings. The predicted octanol–water partition coefficient (Wildman–Crippen LogP) is 5.48. The van der Waals surface area contributed by atoms with Gasteiger partial charge in [-0.1, -0.05) is 109 Å². The number of benzene rings is 4. The number of carbonyl (C=O) groups is 2. The Bertz CT molecular complexity index is 1310. The molecule has 0 heterocycles. The quantitative estimate of drug-likeness (QED) is 0.252. The van der Waals surface area contributed by atoms with Crippen molar-refractivity contribution in [3.05, 3.63) is 131 Å². The summed E-state index contributed by atoms with van der Waals surface area (Å²) in [6, 6.07) is 36.2. The molecule has 194 valence electrons. The molecule has 0 aliphatic rings. The summed E-state index contributed by atoms with van der Waals surface area (Å²) in [5.74, 6) is -0.0885. The average Bonchev–Trinajstić information content (AvgIpc) is 2.96. The van der Waals surface area contributed by atoms with Crippen molar-refractivity contribution in [2.45, 2.75) is 32.4 Å². The Labute approximate surface area is 224 Å². The Kier molecular flexibility index (Phi) is 10.2. The van der Waals surface area contributed by atoms with Gasteiger partial charge in [0.05, 0.1) is 6.61 Å². The lowest BCUT2D eigenvalue weighted by Gasteiger charge is -2.15. The van der Waals surface area contributed by atoms with Gasteiger partial charge >= 0.3 is 0 Å². The Hall–Kier alpha value is -4.22. The fourth-order valence-corrected chi connectivity index (χ4v) is 4.36. The van der Waals surface area contributed by atoms with Crippen molar-refractivity contribution in [1.29, 1.82) is 0 Å². The van der Waals surface area contributed by atoms with Gasteiger partial charge in [-0.15, -0.1) is 0 Å². The lowest BCUT2D eigenvalue weighted by Crippen LogP contribution is -2.29. The Balaban J connectivity index is 1.29. The van der Waals surface area contributed by atoms with Crippen LogP contribution in [0.5, 0.6) is 0 Å². The van der Waals surface area contributed by atoms with Crippen LogP contribution in [0.2, 0.25) is 0 Å². The van der Waals surface area contributed by atoms with Gasteiger partial charge in [0.1, 0.15) is 6.61 Å². The fourth-order valence-electron chi connectivity index (χ4n) is 4.36. The van der Waals surface area contributed by atoms with Gasteiger partial charge in [0.15, 0.2) is 0 Å². The third kappa shape index (κ3) is 8.43. The molecule has 0 spiro atoms. The van der Waals surface area contributed by atoms with Crippen LogP contribution in [0.3, 0.4) is 0 Å². The van der Waals surface area contributed by atoms with Gasteiger partial charge in [0.2, 0.25) is 11.8 Å². The van der Waals surface area contributed by atoms with Gasteiger partial charge in [-0.3, -0.25) is 9.59 Å². The molecule has 0 saturated heterocycles. The smallest absolute Gasteiger partial charge is 0.246 e. The van der Waals surface area contributed by atoms with Crippen LogP contribution < -0.4 is 10.6 Å². The third-order valence-corrected chi connectivity index (χ3v) is 6.34. The van der Waals surface area contributed by atoms with E-state index in [1.807, 2.05) is 84.9 Å². The van der Waals surface area contributed by atoms with Gasteiger partial charge in [-0.25, -0.2) is 0 Å². The van der Waals surface area contributed by atoms with Crippen molar-refractivity contribution in [1.82, 2.24) is 10.6 Å². The number of rotatable bonds is 13. The van der Waals surface area contributed by atoms with Crippen molar-refractivity contribution in [3.63, 3.8) is 0 Å².